The minimum atomic E-state index is -0.385. The molecule has 0 atom stereocenters. The van der Waals surface area contributed by atoms with Gasteiger partial charge in [0, 0.05) is 0 Å². The van der Waals surface area contributed by atoms with Gasteiger partial charge in [-0.15, -0.1) is 0 Å². The first-order valence-electron chi connectivity index (χ1n) is 25.4. The van der Waals surface area contributed by atoms with Gasteiger partial charge in [0.2, 0.25) is 0 Å². The van der Waals surface area contributed by atoms with Crippen LogP contribution >= 0.6 is 0 Å². The molecular weight excluding hydrogens is 629 g/mol. The highest BCUT2D eigenvalue weighted by atomic mass is 16.3. The molecule has 0 unspecified atom stereocenters. The Bertz CT molecular complexity index is 578. The molecule has 0 heterocycles. The van der Waals surface area contributed by atoms with Crippen molar-refractivity contribution in [3.05, 3.63) is 0 Å². The second-order valence-electron chi connectivity index (χ2n) is 18.0. The van der Waals surface area contributed by atoms with Gasteiger partial charge in [0.15, 0.2) is 0 Å². The van der Waals surface area contributed by atoms with E-state index in [0.29, 0.717) is 0 Å². The zero-order valence-corrected chi connectivity index (χ0v) is 37.2. The van der Waals surface area contributed by atoms with Gasteiger partial charge in [-0.25, -0.2) is 0 Å². The van der Waals surface area contributed by atoms with E-state index in [1.165, 1.54) is 283 Å². The lowest BCUT2D eigenvalue weighted by Crippen LogP contribution is -2.28. The van der Waals surface area contributed by atoms with E-state index < -0.39 is 0 Å². The quantitative estimate of drug-likeness (QED) is 0.0618. The van der Waals surface area contributed by atoms with Crippen LogP contribution in [0.5, 0.6) is 0 Å². The van der Waals surface area contributed by atoms with Gasteiger partial charge in [0.05, 0.1) is 5.60 Å². The lowest BCUT2D eigenvalue weighted by atomic mass is 9.85. The Morgan fingerprint density at radius 3 is 0.442 bits per heavy atom. The molecule has 0 aromatic rings. The average Bonchev–Trinajstić information content (AvgIpc) is 3.15. The maximum absolute atomic E-state index is 11.8. The molecule has 52 heavy (non-hydrogen) atoms. The van der Waals surface area contributed by atoms with Crippen molar-refractivity contribution in [1.82, 2.24) is 0 Å². The van der Waals surface area contributed by atoms with Gasteiger partial charge in [-0.1, -0.05) is 303 Å². The lowest BCUT2D eigenvalue weighted by molar-refractivity contribution is 0.00704. The molecule has 0 aliphatic carbocycles. The summed E-state index contributed by atoms with van der Waals surface area (Å²) in [6.07, 6.45) is 65.4. The van der Waals surface area contributed by atoms with Crippen LogP contribution in [0.15, 0.2) is 0 Å². The van der Waals surface area contributed by atoms with Crippen LogP contribution in [0.25, 0.3) is 0 Å². The van der Waals surface area contributed by atoms with Gasteiger partial charge in [-0.3, -0.25) is 0 Å². The first-order chi connectivity index (χ1) is 25.7. The van der Waals surface area contributed by atoms with Gasteiger partial charge < -0.3 is 5.11 Å². The van der Waals surface area contributed by atoms with E-state index in [9.17, 15) is 5.11 Å². The minimum Gasteiger partial charge on any atom is -0.390 e. The van der Waals surface area contributed by atoms with Crippen LogP contribution in [0, 0.1) is 0 Å². The van der Waals surface area contributed by atoms with Crippen molar-refractivity contribution in [2.45, 2.75) is 328 Å². The van der Waals surface area contributed by atoms with Crippen molar-refractivity contribution in [2.24, 2.45) is 0 Å². The van der Waals surface area contributed by atoms with E-state index >= 15 is 0 Å². The van der Waals surface area contributed by atoms with Crippen LogP contribution in [0.2, 0.25) is 0 Å². The molecule has 0 amide bonds. The van der Waals surface area contributed by atoms with E-state index in [2.05, 4.69) is 20.8 Å². The molecule has 0 rings (SSSR count). The van der Waals surface area contributed by atoms with Crippen LogP contribution in [0.3, 0.4) is 0 Å². The van der Waals surface area contributed by atoms with E-state index in [1.54, 1.807) is 0 Å². The van der Waals surface area contributed by atoms with Crippen LogP contribution in [-0.2, 0) is 0 Å². The molecule has 0 spiro atoms. The van der Waals surface area contributed by atoms with Gasteiger partial charge in [-0.05, 0) is 19.3 Å². The number of aliphatic hydroxyl groups is 1. The van der Waals surface area contributed by atoms with E-state index in [0.717, 1.165) is 19.3 Å². The summed E-state index contributed by atoms with van der Waals surface area (Å²) in [5, 5.41) is 11.8. The molecule has 1 N–H and O–H groups in total. The van der Waals surface area contributed by atoms with Crippen molar-refractivity contribution in [2.75, 3.05) is 0 Å². The standard InChI is InChI=1S/C51H104O/c1-4-7-10-13-16-19-22-25-28-31-34-37-40-43-46-49-51(52,48-45-42-39-36-33-30-27-24-21-18-15-12-9-6-3)50-47-44-41-38-35-32-29-26-23-20-17-14-11-8-5-2/h52H,4-50H2,1-3H3. The fourth-order valence-electron chi connectivity index (χ4n) is 8.67. The van der Waals surface area contributed by atoms with Crippen molar-refractivity contribution in [3.8, 4) is 0 Å². The number of hydrogen-bond donors (Lipinski definition) is 1. The molecule has 1 nitrogen and oxygen atoms in total. The highest BCUT2D eigenvalue weighted by Gasteiger charge is 2.25. The molecule has 0 aromatic heterocycles. The van der Waals surface area contributed by atoms with E-state index in [4.69, 9.17) is 0 Å². The summed E-state index contributed by atoms with van der Waals surface area (Å²) in [6, 6.07) is 0. The largest absolute Gasteiger partial charge is 0.390 e. The van der Waals surface area contributed by atoms with Crippen molar-refractivity contribution >= 4 is 0 Å². The molecule has 0 aliphatic rings. The summed E-state index contributed by atoms with van der Waals surface area (Å²) in [6.45, 7) is 6.93. The summed E-state index contributed by atoms with van der Waals surface area (Å²) in [4.78, 5) is 0. The summed E-state index contributed by atoms with van der Waals surface area (Å²) < 4.78 is 0. The lowest BCUT2D eigenvalue weighted by Gasteiger charge is -2.29. The molecule has 0 bridgehead atoms. The van der Waals surface area contributed by atoms with Crippen LogP contribution in [0.1, 0.15) is 323 Å². The molecule has 0 aliphatic heterocycles. The molecule has 0 fully saturated rings. The van der Waals surface area contributed by atoms with E-state index in [-0.39, 0.29) is 5.60 Å². The Kier molecular flexibility index (Phi) is 45.3. The maximum atomic E-state index is 11.8. The first-order valence-corrected chi connectivity index (χ1v) is 25.4. The molecule has 1 heteroatoms. The molecule has 314 valence electrons. The fraction of sp³-hybridized carbons (Fsp3) is 1.00. The minimum absolute atomic E-state index is 0.385. The Hall–Kier alpha value is -0.0400. The van der Waals surface area contributed by atoms with Gasteiger partial charge in [0.25, 0.3) is 0 Å². The third-order valence-electron chi connectivity index (χ3n) is 12.5. The van der Waals surface area contributed by atoms with Crippen molar-refractivity contribution in [3.63, 3.8) is 0 Å². The van der Waals surface area contributed by atoms with E-state index in [1.807, 2.05) is 0 Å². The topological polar surface area (TPSA) is 20.2 Å². The van der Waals surface area contributed by atoms with Crippen molar-refractivity contribution in [1.29, 1.82) is 0 Å². The zero-order valence-electron chi connectivity index (χ0n) is 37.2. The second-order valence-corrected chi connectivity index (χ2v) is 18.0. The first kappa shape index (κ1) is 52.0. The average molecular weight is 733 g/mol. The second kappa shape index (κ2) is 45.4. The summed E-state index contributed by atoms with van der Waals surface area (Å²) in [5.74, 6) is 0. The zero-order chi connectivity index (χ0) is 37.7. The Labute approximate surface area is 332 Å². The Morgan fingerprint density at radius 2 is 0.308 bits per heavy atom. The molecule has 0 saturated carbocycles. The molecular formula is C51H104O. The van der Waals surface area contributed by atoms with Crippen LogP contribution in [0.4, 0.5) is 0 Å². The molecule has 0 aromatic carbocycles. The maximum Gasteiger partial charge on any atom is 0.0647 e. The third-order valence-corrected chi connectivity index (χ3v) is 12.5. The Morgan fingerprint density at radius 1 is 0.192 bits per heavy atom. The fourth-order valence-corrected chi connectivity index (χ4v) is 8.67. The smallest absolute Gasteiger partial charge is 0.0647 e. The van der Waals surface area contributed by atoms with Gasteiger partial charge >= 0.3 is 0 Å². The van der Waals surface area contributed by atoms with Gasteiger partial charge in [-0.2, -0.15) is 0 Å². The molecule has 0 saturated heterocycles. The normalized spacial score (nSPS) is 12.0. The summed E-state index contributed by atoms with van der Waals surface area (Å²) in [7, 11) is 0. The van der Waals surface area contributed by atoms with Gasteiger partial charge in [0.1, 0.15) is 0 Å². The summed E-state index contributed by atoms with van der Waals surface area (Å²) in [5.41, 5.74) is -0.385. The SMILES string of the molecule is CCCCCCCCCCCCCCCCCC(O)(CCCCCCCCCCCCCCCC)CCCCCCCCCCCCCCCCC. The predicted molar refractivity (Wildman–Crippen MR) is 239 cm³/mol. The molecule has 0 radical (unpaired) electrons. The Balaban J connectivity index is 4.07. The van der Waals surface area contributed by atoms with Crippen molar-refractivity contribution < 1.29 is 5.11 Å². The van der Waals surface area contributed by atoms with Crippen LogP contribution < -0.4 is 0 Å². The highest BCUT2D eigenvalue weighted by molar-refractivity contribution is 4.79. The number of rotatable bonds is 47. The third kappa shape index (κ3) is 42.7. The number of unbranched alkanes of at least 4 members (excludes halogenated alkanes) is 41. The monoisotopic (exact) mass is 733 g/mol. The summed E-state index contributed by atoms with van der Waals surface area (Å²) >= 11 is 0. The highest BCUT2D eigenvalue weighted by Crippen LogP contribution is 2.29. The number of hydrogen-bond acceptors (Lipinski definition) is 1. The predicted octanol–water partition coefficient (Wildman–Crippen LogP) is 19.1. The van der Waals surface area contributed by atoms with Crippen LogP contribution in [-0.4, -0.2) is 10.7 Å².